The quantitative estimate of drug-likeness (QED) is 0.683. The van der Waals surface area contributed by atoms with Gasteiger partial charge in [-0.25, -0.2) is 0 Å². The molecule has 0 saturated heterocycles. The van der Waals surface area contributed by atoms with Crippen molar-refractivity contribution in [1.82, 2.24) is 0 Å². The monoisotopic (exact) mass is 382 g/mol. The van der Waals surface area contributed by atoms with Crippen molar-refractivity contribution in [1.29, 1.82) is 0 Å². The molecule has 0 bridgehead atoms. The van der Waals surface area contributed by atoms with Crippen LogP contribution in [0.25, 0.3) is 5.57 Å². The van der Waals surface area contributed by atoms with Gasteiger partial charge in [0, 0.05) is 5.41 Å². The number of rotatable bonds is 1. The summed E-state index contributed by atoms with van der Waals surface area (Å²) in [7, 11) is 0. The summed E-state index contributed by atoms with van der Waals surface area (Å²) in [5.74, 6) is 1.07. The summed E-state index contributed by atoms with van der Waals surface area (Å²) in [5, 5.41) is 33.2. The number of hydrogen-bond donors (Lipinski definition) is 3. The Morgan fingerprint density at radius 2 is 1.64 bits per heavy atom. The number of aliphatic hydroxyl groups excluding tert-OH is 2. The van der Waals surface area contributed by atoms with E-state index in [0.29, 0.717) is 11.8 Å². The molecule has 0 aromatic heterocycles. The molecule has 0 spiro atoms. The van der Waals surface area contributed by atoms with E-state index in [4.69, 9.17) is 0 Å². The van der Waals surface area contributed by atoms with Crippen molar-refractivity contribution in [3.8, 4) is 0 Å². The van der Waals surface area contributed by atoms with Crippen LogP contribution in [0.4, 0.5) is 0 Å². The van der Waals surface area contributed by atoms with Gasteiger partial charge in [-0.05, 0) is 79.3 Å². The van der Waals surface area contributed by atoms with Crippen LogP contribution in [0.2, 0.25) is 0 Å². The van der Waals surface area contributed by atoms with E-state index in [2.05, 4.69) is 44.2 Å². The Bertz CT molecular complexity index is 788. The van der Waals surface area contributed by atoms with Crippen LogP contribution in [-0.2, 0) is 0 Å². The molecule has 4 aliphatic rings. The van der Waals surface area contributed by atoms with Gasteiger partial charge < -0.3 is 15.3 Å². The molecule has 3 unspecified atom stereocenters. The van der Waals surface area contributed by atoms with E-state index in [1.165, 1.54) is 11.1 Å². The van der Waals surface area contributed by atoms with E-state index in [9.17, 15) is 15.3 Å². The molecule has 3 fully saturated rings. The van der Waals surface area contributed by atoms with E-state index < -0.39 is 5.60 Å². The van der Waals surface area contributed by atoms with E-state index in [0.717, 1.165) is 44.9 Å². The van der Waals surface area contributed by atoms with E-state index in [1.54, 1.807) is 0 Å². The van der Waals surface area contributed by atoms with Gasteiger partial charge in [-0.3, -0.25) is 0 Å². The van der Waals surface area contributed by atoms with Crippen LogP contribution < -0.4 is 0 Å². The molecule has 152 valence electrons. The van der Waals surface area contributed by atoms with Gasteiger partial charge in [-0.15, -0.1) is 0 Å². The van der Waals surface area contributed by atoms with Crippen molar-refractivity contribution in [2.24, 2.45) is 28.6 Å². The normalized spacial score (nSPS) is 50.3. The van der Waals surface area contributed by atoms with Gasteiger partial charge in [-0.1, -0.05) is 50.3 Å². The van der Waals surface area contributed by atoms with Crippen LogP contribution in [0.15, 0.2) is 36.4 Å². The van der Waals surface area contributed by atoms with Gasteiger partial charge in [0.2, 0.25) is 0 Å². The number of aliphatic hydroxyl groups is 3. The molecule has 0 aliphatic heterocycles. The largest absolute Gasteiger partial charge is 0.392 e. The van der Waals surface area contributed by atoms with Crippen molar-refractivity contribution in [3.63, 3.8) is 0 Å². The Balaban J connectivity index is 1.61. The van der Waals surface area contributed by atoms with Crippen molar-refractivity contribution in [2.75, 3.05) is 0 Å². The maximum atomic E-state index is 11.9. The third-order valence-electron chi connectivity index (χ3n) is 9.59. The fourth-order valence-corrected chi connectivity index (χ4v) is 7.91. The van der Waals surface area contributed by atoms with Crippen LogP contribution in [0, 0.1) is 28.6 Å². The highest BCUT2D eigenvalue weighted by atomic mass is 16.3. The lowest BCUT2D eigenvalue weighted by atomic mass is 9.43. The highest BCUT2D eigenvalue weighted by molar-refractivity contribution is 5.72. The van der Waals surface area contributed by atoms with Crippen LogP contribution >= 0.6 is 0 Å². The Morgan fingerprint density at radius 1 is 0.893 bits per heavy atom. The lowest BCUT2D eigenvalue weighted by Crippen LogP contribution is -2.62. The van der Waals surface area contributed by atoms with E-state index in [-0.39, 0.29) is 29.0 Å². The molecular weight excluding hydrogens is 348 g/mol. The van der Waals surface area contributed by atoms with Crippen molar-refractivity contribution >= 4 is 5.57 Å². The standard InChI is InChI=1S/C25H34O3/c1-23-12-10-19-20(25(23,28)13-11-22(23)27)9-8-17-14-18(26)15-21(24(17,19)2)16-6-4-3-5-7-16/h3-7,15,17-20,22,26-28H,8-14H2,1-2H3/t17?,18?,19-,20-,22?,23-,24+,25-/m1/s1. The van der Waals surface area contributed by atoms with Gasteiger partial charge >= 0.3 is 0 Å². The second-order valence-electron chi connectivity index (χ2n) is 10.5. The molecule has 3 heteroatoms. The Morgan fingerprint density at radius 3 is 2.39 bits per heavy atom. The molecular formula is C25H34O3. The molecule has 3 N–H and O–H groups in total. The molecule has 3 saturated carbocycles. The summed E-state index contributed by atoms with van der Waals surface area (Å²) in [4.78, 5) is 0. The third-order valence-corrected chi connectivity index (χ3v) is 9.59. The minimum Gasteiger partial charge on any atom is -0.392 e. The van der Waals surface area contributed by atoms with Crippen LogP contribution in [0.3, 0.4) is 0 Å². The predicted molar refractivity (Wildman–Crippen MR) is 110 cm³/mol. The third kappa shape index (κ3) is 2.27. The fraction of sp³-hybridized carbons (Fsp3) is 0.680. The summed E-state index contributed by atoms with van der Waals surface area (Å²) in [6.45, 7) is 4.52. The molecule has 28 heavy (non-hydrogen) atoms. The zero-order valence-corrected chi connectivity index (χ0v) is 17.1. The summed E-state index contributed by atoms with van der Waals surface area (Å²) < 4.78 is 0. The highest BCUT2D eigenvalue weighted by Crippen LogP contribution is 2.69. The number of benzene rings is 1. The molecule has 0 heterocycles. The molecule has 3 nitrogen and oxygen atoms in total. The van der Waals surface area contributed by atoms with Gasteiger partial charge in [-0.2, -0.15) is 0 Å². The molecule has 4 aliphatic carbocycles. The number of allylic oxidation sites excluding steroid dienone is 1. The molecule has 8 atom stereocenters. The SMILES string of the molecule is C[C@]12C(c3ccccc3)=CC(O)CC1CC[C@@H]1[C@H]2CC[C@]2(C)C(O)CC[C@@]12O. The lowest BCUT2D eigenvalue weighted by molar-refractivity contribution is -0.201. The van der Waals surface area contributed by atoms with Crippen LogP contribution in [0.1, 0.15) is 64.4 Å². The smallest absolute Gasteiger partial charge is 0.0757 e. The minimum atomic E-state index is -0.763. The van der Waals surface area contributed by atoms with Gasteiger partial charge in [0.1, 0.15) is 0 Å². The topological polar surface area (TPSA) is 60.7 Å². The second-order valence-corrected chi connectivity index (χ2v) is 10.5. The minimum absolute atomic E-state index is 0.0336. The molecule has 1 aromatic carbocycles. The zero-order chi connectivity index (χ0) is 19.7. The highest BCUT2D eigenvalue weighted by Gasteiger charge is 2.67. The lowest BCUT2D eigenvalue weighted by Gasteiger charge is -2.63. The maximum absolute atomic E-state index is 11.9. The molecule has 0 radical (unpaired) electrons. The van der Waals surface area contributed by atoms with Gasteiger partial charge in [0.05, 0.1) is 17.8 Å². The summed E-state index contributed by atoms with van der Waals surface area (Å²) >= 11 is 0. The summed E-state index contributed by atoms with van der Waals surface area (Å²) in [6, 6.07) is 10.5. The first-order valence-electron chi connectivity index (χ1n) is 11.2. The average molecular weight is 383 g/mol. The maximum Gasteiger partial charge on any atom is 0.0757 e. The van der Waals surface area contributed by atoms with Crippen LogP contribution in [-0.4, -0.2) is 33.1 Å². The van der Waals surface area contributed by atoms with E-state index in [1.807, 2.05) is 6.07 Å². The molecule has 1 aromatic rings. The van der Waals surface area contributed by atoms with Crippen LogP contribution in [0.5, 0.6) is 0 Å². The first kappa shape index (κ1) is 18.8. The van der Waals surface area contributed by atoms with Crippen molar-refractivity contribution < 1.29 is 15.3 Å². The first-order chi connectivity index (χ1) is 13.3. The zero-order valence-electron chi connectivity index (χ0n) is 17.1. The van der Waals surface area contributed by atoms with Crippen molar-refractivity contribution in [3.05, 3.63) is 42.0 Å². The molecule has 5 rings (SSSR count). The van der Waals surface area contributed by atoms with E-state index >= 15 is 0 Å². The number of fused-ring (bicyclic) bond motifs is 5. The Kier molecular flexibility index (Phi) is 4.15. The fourth-order valence-electron chi connectivity index (χ4n) is 7.91. The van der Waals surface area contributed by atoms with Gasteiger partial charge in [0.25, 0.3) is 0 Å². The first-order valence-corrected chi connectivity index (χ1v) is 11.2. The Labute approximate surface area is 168 Å². The average Bonchev–Trinajstić information content (AvgIpc) is 2.93. The Hall–Kier alpha value is -1.16. The number of hydrogen-bond acceptors (Lipinski definition) is 3. The van der Waals surface area contributed by atoms with Gasteiger partial charge in [0.15, 0.2) is 0 Å². The van der Waals surface area contributed by atoms with Crippen molar-refractivity contribution in [2.45, 2.75) is 76.6 Å². The second kappa shape index (κ2) is 6.17. The summed E-state index contributed by atoms with van der Waals surface area (Å²) in [6.07, 6.45) is 7.59. The molecule has 0 amide bonds. The predicted octanol–water partition coefficient (Wildman–Crippen LogP) is 4.17. The summed E-state index contributed by atoms with van der Waals surface area (Å²) in [5.41, 5.74) is 1.32.